The Morgan fingerprint density at radius 1 is 1.00 bits per heavy atom. The minimum Gasteiger partial charge on any atom is -0.462 e. The average Bonchev–Trinajstić information content (AvgIpc) is 3.18. The Balaban J connectivity index is 1.86. The molecule has 0 radical (unpaired) electrons. The normalized spacial score (nSPS) is 54.5. The van der Waals surface area contributed by atoms with Gasteiger partial charge in [-0.25, -0.2) is 0 Å². The Bertz CT molecular complexity index is 611. The van der Waals surface area contributed by atoms with E-state index in [4.69, 9.17) is 14.2 Å². The van der Waals surface area contributed by atoms with E-state index in [9.17, 15) is 9.59 Å². The zero-order chi connectivity index (χ0) is 17.5. The van der Waals surface area contributed by atoms with Crippen molar-refractivity contribution in [3.05, 3.63) is 0 Å². The fourth-order valence-corrected chi connectivity index (χ4v) is 6.83. The number of rotatable bonds is 2. The average molecular weight is 336 g/mol. The Hall–Kier alpha value is -1.10. The van der Waals surface area contributed by atoms with Gasteiger partial charge in [0.15, 0.2) is 0 Å². The summed E-state index contributed by atoms with van der Waals surface area (Å²) in [5.41, 5.74) is -0.583. The van der Waals surface area contributed by atoms with Crippen molar-refractivity contribution in [2.24, 2.45) is 22.2 Å². The Morgan fingerprint density at radius 3 is 2.17 bits per heavy atom. The van der Waals surface area contributed by atoms with Gasteiger partial charge in [0.05, 0.1) is 12.2 Å². The number of carbonyl (C=O) groups is 2. The van der Waals surface area contributed by atoms with Crippen molar-refractivity contribution in [2.45, 2.75) is 78.1 Å². The molecule has 5 nitrogen and oxygen atoms in total. The second kappa shape index (κ2) is 4.54. The maximum Gasteiger partial charge on any atom is 0.302 e. The maximum atomic E-state index is 11.8. The lowest BCUT2D eigenvalue weighted by Gasteiger charge is -2.47. The summed E-state index contributed by atoms with van der Waals surface area (Å²) >= 11 is 0. The molecule has 7 unspecified atom stereocenters. The molecular weight excluding hydrogens is 308 g/mol. The van der Waals surface area contributed by atoms with Crippen LogP contribution in [-0.4, -0.2) is 36.4 Å². The zero-order valence-electron chi connectivity index (χ0n) is 15.3. The summed E-state index contributed by atoms with van der Waals surface area (Å²) in [5, 5.41) is 0. The summed E-state index contributed by atoms with van der Waals surface area (Å²) in [6.07, 6.45) is 3.55. The van der Waals surface area contributed by atoms with E-state index in [-0.39, 0.29) is 51.9 Å². The second-order valence-electron chi connectivity index (χ2n) is 9.03. The molecule has 4 fully saturated rings. The first-order valence-electron chi connectivity index (χ1n) is 9.09. The van der Waals surface area contributed by atoms with Crippen molar-refractivity contribution in [1.29, 1.82) is 0 Å². The monoisotopic (exact) mass is 336 g/mol. The number of fused-ring (bicyclic) bond motifs is 6. The lowest BCUT2D eigenvalue weighted by Crippen LogP contribution is -2.51. The Labute approximate surface area is 143 Å². The SMILES string of the molecule is CC(=O)OC1C2C3(CCC1(C)C1(C)CCC(OC(C)=O)C21C)CO3. The third-order valence-corrected chi connectivity index (χ3v) is 8.35. The van der Waals surface area contributed by atoms with Gasteiger partial charge in [0.25, 0.3) is 0 Å². The molecule has 1 heterocycles. The summed E-state index contributed by atoms with van der Waals surface area (Å²) in [5.74, 6) is -0.374. The van der Waals surface area contributed by atoms with Gasteiger partial charge in [0.2, 0.25) is 0 Å². The van der Waals surface area contributed by atoms with Gasteiger partial charge in [-0.05, 0) is 31.1 Å². The molecule has 0 aromatic rings. The van der Waals surface area contributed by atoms with Crippen molar-refractivity contribution < 1.29 is 23.8 Å². The number of hydrogen-bond donors (Lipinski definition) is 0. The van der Waals surface area contributed by atoms with Crippen molar-refractivity contribution in [3.8, 4) is 0 Å². The zero-order valence-corrected chi connectivity index (χ0v) is 15.3. The fraction of sp³-hybridized carbons (Fsp3) is 0.895. The molecule has 4 rings (SSSR count). The van der Waals surface area contributed by atoms with Crippen LogP contribution in [0.25, 0.3) is 0 Å². The van der Waals surface area contributed by atoms with Crippen molar-refractivity contribution in [2.75, 3.05) is 6.61 Å². The van der Waals surface area contributed by atoms with Gasteiger partial charge in [-0.15, -0.1) is 0 Å². The van der Waals surface area contributed by atoms with Crippen molar-refractivity contribution in [1.82, 2.24) is 0 Å². The molecule has 7 atom stereocenters. The predicted molar refractivity (Wildman–Crippen MR) is 86.1 cm³/mol. The highest BCUT2D eigenvalue weighted by atomic mass is 16.6. The van der Waals surface area contributed by atoms with E-state index in [0.717, 1.165) is 32.3 Å². The summed E-state index contributed by atoms with van der Waals surface area (Å²) in [6.45, 7) is 10.5. The van der Waals surface area contributed by atoms with Gasteiger partial charge in [-0.3, -0.25) is 9.59 Å². The van der Waals surface area contributed by atoms with Crippen LogP contribution in [0, 0.1) is 22.2 Å². The largest absolute Gasteiger partial charge is 0.462 e. The molecule has 3 saturated carbocycles. The first-order valence-corrected chi connectivity index (χ1v) is 9.09. The summed E-state index contributed by atoms with van der Waals surface area (Å²) in [6, 6.07) is 0. The van der Waals surface area contributed by atoms with E-state index in [1.807, 2.05) is 0 Å². The van der Waals surface area contributed by atoms with Crippen LogP contribution in [-0.2, 0) is 23.8 Å². The van der Waals surface area contributed by atoms with E-state index in [0.29, 0.717) is 0 Å². The van der Waals surface area contributed by atoms with Crippen molar-refractivity contribution >= 4 is 11.9 Å². The van der Waals surface area contributed by atoms with Crippen LogP contribution in [0.5, 0.6) is 0 Å². The number of esters is 2. The molecule has 1 spiro atoms. The summed E-state index contributed by atoms with van der Waals surface area (Å²) in [4.78, 5) is 23.5. The van der Waals surface area contributed by atoms with Crippen LogP contribution in [0.1, 0.15) is 60.3 Å². The molecule has 134 valence electrons. The van der Waals surface area contributed by atoms with Crippen LogP contribution in [0.3, 0.4) is 0 Å². The smallest absolute Gasteiger partial charge is 0.302 e. The molecule has 3 aliphatic carbocycles. The van der Waals surface area contributed by atoms with E-state index >= 15 is 0 Å². The molecular formula is C19H28O5. The quantitative estimate of drug-likeness (QED) is 0.573. The van der Waals surface area contributed by atoms with Gasteiger partial charge >= 0.3 is 11.9 Å². The van der Waals surface area contributed by atoms with E-state index in [2.05, 4.69) is 20.8 Å². The lowest BCUT2D eigenvalue weighted by atomic mass is 9.58. The molecule has 24 heavy (non-hydrogen) atoms. The van der Waals surface area contributed by atoms with E-state index < -0.39 is 0 Å². The van der Waals surface area contributed by atoms with Crippen LogP contribution < -0.4 is 0 Å². The fourth-order valence-electron chi connectivity index (χ4n) is 6.83. The highest BCUT2D eigenvalue weighted by Gasteiger charge is 2.83. The molecule has 5 heteroatoms. The van der Waals surface area contributed by atoms with Gasteiger partial charge in [0.1, 0.15) is 12.2 Å². The molecule has 1 saturated heterocycles. The number of carbonyl (C=O) groups excluding carboxylic acids is 2. The highest BCUT2D eigenvalue weighted by Crippen LogP contribution is 2.80. The number of epoxide rings is 1. The molecule has 0 N–H and O–H groups in total. The van der Waals surface area contributed by atoms with Crippen molar-refractivity contribution in [3.63, 3.8) is 0 Å². The topological polar surface area (TPSA) is 65.1 Å². The third kappa shape index (κ3) is 1.65. The van der Waals surface area contributed by atoms with E-state index in [1.165, 1.54) is 13.8 Å². The van der Waals surface area contributed by atoms with Gasteiger partial charge < -0.3 is 14.2 Å². The second-order valence-corrected chi connectivity index (χ2v) is 9.03. The predicted octanol–water partition coefficient (Wildman–Crippen LogP) is 2.86. The van der Waals surface area contributed by atoms with Gasteiger partial charge in [-0.2, -0.15) is 0 Å². The Morgan fingerprint density at radius 2 is 1.62 bits per heavy atom. The first-order chi connectivity index (χ1) is 11.1. The van der Waals surface area contributed by atoms with Crippen LogP contribution in [0.4, 0.5) is 0 Å². The minimum atomic E-state index is -0.236. The van der Waals surface area contributed by atoms with Crippen LogP contribution in [0.15, 0.2) is 0 Å². The molecule has 0 aromatic carbocycles. The minimum absolute atomic E-state index is 0.0413. The molecule has 4 aliphatic rings. The first kappa shape index (κ1) is 16.4. The molecule has 1 aliphatic heterocycles. The van der Waals surface area contributed by atoms with Crippen LogP contribution in [0.2, 0.25) is 0 Å². The van der Waals surface area contributed by atoms with Gasteiger partial charge in [0, 0.05) is 30.6 Å². The standard InChI is InChI=1S/C19H28O5/c1-11(20)23-13-6-7-17(4)16(3)8-9-19(10-22-19)14(18(13,17)5)15(16)24-12(2)21/h13-15H,6-10H2,1-5H3. The van der Waals surface area contributed by atoms with E-state index in [1.54, 1.807) is 0 Å². The lowest BCUT2D eigenvalue weighted by molar-refractivity contribution is -0.168. The third-order valence-electron chi connectivity index (χ3n) is 8.35. The highest BCUT2D eigenvalue weighted by molar-refractivity contribution is 5.67. The number of hydrogen-bond acceptors (Lipinski definition) is 5. The molecule has 0 amide bonds. The molecule has 0 aromatic heterocycles. The summed E-state index contributed by atoms with van der Waals surface area (Å²) < 4.78 is 17.7. The number of ether oxygens (including phenoxy) is 3. The maximum absolute atomic E-state index is 11.8. The van der Waals surface area contributed by atoms with Crippen LogP contribution >= 0.6 is 0 Å². The Kier molecular flexibility index (Phi) is 3.10. The summed E-state index contributed by atoms with van der Waals surface area (Å²) in [7, 11) is 0. The van der Waals surface area contributed by atoms with Gasteiger partial charge in [-0.1, -0.05) is 20.8 Å². The molecule has 2 bridgehead atoms.